The minimum Gasteiger partial charge on any atom is -0.458 e. The smallest absolute Gasteiger partial charge is 0.296 e. The van der Waals surface area contributed by atoms with Crippen LogP contribution >= 0.6 is 0 Å². The zero-order valence-corrected chi connectivity index (χ0v) is 8.87. The molecule has 3 nitrogen and oxygen atoms in total. The number of nitrogens with zero attached hydrogens (tertiary/aromatic N) is 2. The molecule has 74 valence electrons. The third-order valence-electron chi connectivity index (χ3n) is 2.61. The zero-order valence-electron chi connectivity index (χ0n) is 8.87. The van der Waals surface area contributed by atoms with E-state index in [0.29, 0.717) is 6.01 Å². The summed E-state index contributed by atoms with van der Waals surface area (Å²) >= 11 is 0. The van der Waals surface area contributed by atoms with E-state index in [0.717, 1.165) is 12.8 Å². The lowest BCUT2D eigenvalue weighted by molar-refractivity contribution is 0.0655. The molecule has 3 heteroatoms. The fourth-order valence-electron chi connectivity index (χ4n) is 1.06. The van der Waals surface area contributed by atoms with Gasteiger partial charge >= 0.3 is 0 Å². The molecular formula is C10H18N2O. The molecule has 0 fully saturated rings. The van der Waals surface area contributed by atoms with Crippen LogP contribution in [0.2, 0.25) is 0 Å². The van der Waals surface area contributed by atoms with E-state index < -0.39 is 0 Å². The van der Waals surface area contributed by atoms with E-state index in [-0.39, 0.29) is 5.60 Å². The SMILES string of the molecule is CCC(C)(CC)Oc1nccn1C. The molecule has 0 aliphatic rings. The fraction of sp³-hybridized carbons (Fsp3) is 0.700. The lowest BCUT2D eigenvalue weighted by Crippen LogP contribution is -2.31. The Morgan fingerprint density at radius 2 is 2.08 bits per heavy atom. The summed E-state index contributed by atoms with van der Waals surface area (Å²) in [7, 11) is 1.94. The summed E-state index contributed by atoms with van der Waals surface area (Å²) in [4.78, 5) is 4.14. The summed E-state index contributed by atoms with van der Waals surface area (Å²) in [5, 5.41) is 0. The van der Waals surface area contributed by atoms with Crippen molar-refractivity contribution in [3.05, 3.63) is 12.4 Å². The standard InChI is InChI=1S/C10H18N2O/c1-5-10(3,6-2)13-9-11-7-8-12(9)4/h7-8H,5-6H2,1-4H3. The van der Waals surface area contributed by atoms with E-state index in [1.165, 1.54) is 0 Å². The molecular weight excluding hydrogens is 164 g/mol. The molecule has 13 heavy (non-hydrogen) atoms. The first-order valence-electron chi connectivity index (χ1n) is 4.77. The Morgan fingerprint density at radius 3 is 2.46 bits per heavy atom. The Balaban J connectivity index is 2.73. The Hall–Kier alpha value is -0.990. The number of rotatable bonds is 4. The number of ether oxygens (including phenoxy) is 1. The van der Waals surface area contributed by atoms with Crippen molar-refractivity contribution in [2.45, 2.75) is 39.2 Å². The minimum atomic E-state index is -0.0842. The van der Waals surface area contributed by atoms with Crippen molar-refractivity contribution in [1.29, 1.82) is 0 Å². The summed E-state index contributed by atoms with van der Waals surface area (Å²) in [5.74, 6) is 0. The van der Waals surface area contributed by atoms with Crippen molar-refractivity contribution in [3.63, 3.8) is 0 Å². The van der Waals surface area contributed by atoms with Gasteiger partial charge in [0.25, 0.3) is 6.01 Å². The lowest BCUT2D eigenvalue weighted by atomic mass is 10.0. The van der Waals surface area contributed by atoms with Gasteiger partial charge in [-0.1, -0.05) is 13.8 Å². The second kappa shape index (κ2) is 3.81. The molecule has 1 rings (SSSR count). The van der Waals surface area contributed by atoms with Gasteiger partial charge in [0.05, 0.1) is 0 Å². The van der Waals surface area contributed by atoms with E-state index in [1.807, 2.05) is 17.8 Å². The van der Waals surface area contributed by atoms with Crippen LogP contribution in [0.25, 0.3) is 0 Å². The predicted molar refractivity (Wildman–Crippen MR) is 52.8 cm³/mol. The monoisotopic (exact) mass is 182 g/mol. The molecule has 0 unspecified atom stereocenters. The second-order valence-electron chi connectivity index (χ2n) is 3.58. The Morgan fingerprint density at radius 1 is 1.46 bits per heavy atom. The van der Waals surface area contributed by atoms with Gasteiger partial charge in [-0.15, -0.1) is 0 Å². The Bertz CT molecular complexity index is 264. The van der Waals surface area contributed by atoms with Crippen molar-refractivity contribution in [3.8, 4) is 6.01 Å². The highest BCUT2D eigenvalue weighted by Gasteiger charge is 2.23. The normalized spacial score (nSPS) is 11.7. The first kappa shape index (κ1) is 10.1. The molecule has 0 bridgehead atoms. The molecule has 0 aliphatic heterocycles. The molecule has 0 saturated heterocycles. The highest BCUT2D eigenvalue weighted by molar-refractivity contribution is 4.99. The van der Waals surface area contributed by atoms with E-state index in [4.69, 9.17) is 4.74 Å². The maximum atomic E-state index is 5.82. The highest BCUT2D eigenvalue weighted by atomic mass is 16.5. The third kappa shape index (κ3) is 2.23. The summed E-state index contributed by atoms with van der Waals surface area (Å²) < 4.78 is 7.72. The number of aryl methyl sites for hydroxylation is 1. The van der Waals surface area contributed by atoms with Crippen LogP contribution in [0, 0.1) is 0 Å². The van der Waals surface area contributed by atoms with Crippen molar-refractivity contribution in [1.82, 2.24) is 9.55 Å². The largest absolute Gasteiger partial charge is 0.458 e. The number of hydrogen-bond acceptors (Lipinski definition) is 2. The number of aromatic nitrogens is 2. The molecule has 1 heterocycles. The van der Waals surface area contributed by atoms with Crippen LogP contribution in [0.1, 0.15) is 33.6 Å². The van der Waals surface area contributed by atoms with Crippen LogP contribution in [0.5, 0.6) is 6.01 Å². The molecule has 0 spiro atoms. The van der Waals surface area contributed by atoms with Crippen LogP contribution in [-0.4, -0.2) is 15.2 Å². The third-order valence-corrected chi connectivity index (χ3v) is 2.61. The molecule has 0 radical (unpaired) electrons. The maximum Gasteiger partial charge on any atom is 0.296 e. The van der Waals surface area contributed by atoms with Crippen LogP contribution < -0.4 is 4.74 Å². The highest BCUT2D eigenvalue weighted by Crippen LogP contribution is 2.21. The Kier molecular flexibility index (Phi) is 2.96. The van der Waals surface area contributed by atoms with Gasteiger partial charge in [-0.05, 0) is 19.8 Å². The van der Waals surface area contributed by atoms with Crippen LogP contribution in [0.4, 0.5) is 0 Å². The summed E-state index contributed by atoms with van der Waals surface area (Å²) in [6.45, 7) is 6.38. The van der Waals surface area contributed by atoms with Crippen LogP contribution in [-0.2, 0) is 7.05 Å². The van der Waals surface area contributed by atoms with Gasteiger partial charge in [-0.25, -0.2) is 4.98 Å². The average molecular weight is 182 g/mol. The minimum absolute atomic E-state index is 0.0842. The molecule has 0 atom stereocenters. The van der Waals surface area contributed by atoms with Gasteiger partial charge in [-0.2, -0.15) is 0 Å². The molecule has 0 N–H and O–H groups in total. The van der Waals surface area contributed by atoms with Gasteiger partial charge in [0.2, 0.25) is 0 Å². The topological polar surface area (TPSA) is 27.1 Å². The van der Waals surface area contributed by atoms with Gasteiger partial charge in [0, 0.05) is 19.4 Å². The van der Waals surface area contributed by atoms with E-state index in [9.17, 15) is 0 Å². The van der Waals surface area contributed by atoms with Gasteiger partial charge in [0.1, 0.15) is 5.60 Å². The van der Waals surface area contributed by atoms with Crippen molar-refractivity contribution < 1.29 is 4.74 Å². The van der Waals surface area contributed by atoms with Crippen molar-refractivity contribution >= 4 is 0 Å². The predicted octanol–water partition coefficient (Wildman–Crippen LogP) is 2.38. The summed E-state index contributed by atoms with van der Waals surface area (Å²) in [6, 6.07) is 0.700. The van der Waals surface area contributed by atoms with Gasteiger partial charge in [-0.3, -0.25) is 0 Å². The first-order chi connectivity index (χ1) is 6.11. The Labute approximate surface area is 79.7 Å². The molecule has 0 aromatic carbocycles. The lowest BCUT2D eigenvalue weighted by Gasteiger charge is -2.27. The van der Waals surface area contributed by atoms with E-state index in [2.05, 4.69) is 25.8 Å². The molecule has 0 amide bonds. The van der Waals surface area contributed by atoms with Crippen LogP contribution in [0.3, 0.4) is 0 Å². The van der Waals surface area contributed by atoms with Gasteiger partial charge in [0.15, 0.2) is 0 Å². The first-order valence-corrected chi connectivity index (χ1v) is 4.77. The zero-order chi connectivity index (χ0) is 9.90. The second-order valence-corrected chi connectivity index (χ2v) is 3.58. The summed E-state index contributed by atoms with van der Waals surface area (Å²) in [5.41, 5.74) is -0.0842. The number of imidazole rings is 1. The average Bonchev–Trinajstić information content (AvgIpc) is 2.52. The molecule has 0 aliphatic carbocycles. The van der Waals surface area contributed by atoms with E-state index in [1.54, 1.807) is 6.20 Å². The van der Waals surface area contributed by atoms with E-state index >= 15 is 0 Å². The quantitative estimate of drug-likeness (QED) is 0.714. The maximum absolute atomic E-state index is 5.82. The van der Waals surface area contributed by atoms with Crippen LogP contribution in [0.15, 0.2) is 12.4 Å². The van der Waals surface area contributed by atoms with Crippen molar-refractivity contribution in [2.24, 2.45) is 7.05 Å². The molecule has 1 aromatic rings. The fourth-order valence-corrected chi connectivity index (χ4v) is 1.06. The van der Waals surface area contributed by atoms with Gasteiger partial charge < -0.3 is 9.30 Å². The molecule has 0 saturated carbocycles. The number of hydrogen-bond donors (Lipinski definition) is 0. The van der Waals surface area contributed by atoms with Crippen molar-refractivity contribution in [2.75, 3.05) is 0 Å². The molecule has 1 aromatic heterocycles. The summed E-state index contributed by atoms with van der Waals surface area (Å²) in [6.07, 6.45) is 5.63.